The zero-order chi connectivity index (χ0) is 25.4. The van der Waals surface area contributed by atoms with Crippen LogP contribution in [0.15, 0.2) is 71.8 Å². The minimum atomic E-state index is -4.49. The predicted octanol–water partition coefficient (Wildman–Crippen LogP) is 4.63. The van der Waals surface area contributed by atoms with Gasteiger partial charge in [0, 0.05) is 5.69 Å². The Hall–Kier alpha value is -4.41. The van der Waals surface area contributed by atoms with Crippen LogP contribution in [-0.2, 0) is 11.0 Å². The number of nitrogens with one attached hydrogen (secondary N) is 2. The molecule has 0 atom stereocenters. The number of hydrogen-bond acceptors (Lipinski definition) is 6. The van der Waals surface area contributed by atoms with E-state index in [1.165, 1.54) is 49.7 Å². The minimum absolute atomic E-state index is 0.119. The Kier molecular flexibility index (Phi) is 8.03. The molecule has 2 N–H and O–H groups in total. The number of rotatable bonds is 8. The number of hydrogen-bond donors (Lipinski definition) is 2. The number of ether oxygens (including phenoxy) is 2. The Morgan fingerprint density at radius 1 is 1.00 bits per heavy atom. The van der Waals surface area contributed by atoms with E-state index in [1.807, 2.05) is 0 Å². The second-order valence-corrected chi connectivity index (χ2v) is 7.03. The molecule has 0 aliphatic heterocycles. The Balaban J connectivity index is 1.55. The molecule has 182 valence electrons. The van der Waals surface area contributed by atoms with Gasteiger partial charge in [0.1, 0.15) is 5.82 Å². The largest absolute Gasteiger partial charge is 0.493 e. The summed E-state index contributed by atoms with van der Waals surface area (Å²) in [6, 6.07) is 13.8. The van der Waals surface area contributed by atoms with Crippen LogP contribution in [0, 0.1) is 5.82 Å². The highest BCUT2D eigenvalue weighted by Gasteiger charge is 2.30. The molecule has 35 heavy (non-hydrogen) atoms. The Morgan fingerprint density at radius 3 is 2.43 bits per heavy atom. The van der Waals surface area contributed by atoms with Crippen LogP contribution in [0.1, 0.15) is 21.5 Å². The van der Waals surface area contributed by atoms with Crippen LogP contribution >= 0.6 is 0 Å². The lowest BCUT2D eigenvalue weighted by atomic mass is 10.2. The van der Waals surface area contributed by atoms with E-state index < -0.39 is 29.4 Å². The summed E-state index contributed by atoms with van der Waals surface area (Å²) >= 11 is 0. The van der Waals surface area contributed by atoms with Gasteiger partial charge in [-0.3, -0.25) is 4.79 Å². The van der Waals surface area contributed by atoms with Gasteiger partial charge in [-0.05, 0) is 66.2 Å². The Bertz CT molecular complexity index is 1230. The number of alkyl halides is 3. The number of methoxy groups -OCH3 is 1. The van der Waals surface area contributed by atoms with Crippen molar-refractivity contribution in [2.24, 2.45) is 5.10 Å². The maximum atomic E-state index is 13.0. The van der Waals surface area contributed by atoms with E-state index in [1.54, 1.807) is 6.07 Å². The molecule has 0 bridgehead atoms. The zero-order valence-corrected chi connectivity index (χ0v) is 18.2. The summed E-state index contributed by atoms with van der Waals surface area (Å²) in [5, 5.41) is 6.38. The second kappa shape index (κ2) is 11.1. The van der Waals surface area contributed by atoms with Crippen molar-refractivity contribution in [2.45, 2.75) is 6.18 Å². The summed E-state index contributed by atoms with van der Waals surface area (Å²) in [5.74, 6) is -1.45. The summed E-state index contributed by atoms with van der Waals surface area (Å²) in [6.07, 6.45) is -3.18. The van der Waals surface area contributed by atoms with E-state index in [4.69, 9.17) is 9.47 Å². The van der Waals surface area contributed by atoms with E-state index in [2.05, 4.69) is 15.8 Å². The Morgan fingerprint density at radius 2 is 1.74 bits per heavy atom. The molecule has 0 saturated carbocycles. The summed E-state index contributed by atoms with van der Waals surface area (Å²) in [6.45, 7) is -0.305. The van der Waals surface area contributed by atoms with Gasteiger partial charge in [-0.1, -0.05) is 6.07 Å². The molecule has 0 spiro atoms. The molecule has 0 heterocycles. The molecule has 3 rings (SSSR count). The molecule has 0 aliphatic carbocycles. The first kappa shape index (κ1) is 25.2. The second-order valence-electron chi connectivity index (χ2n) is 7.03. The number of carbonyl (C=O) groups is 2. The smallest absolute Gasteiger partial charge is 0.416 e. The van der Waals surface area contributed by atoms with Crippen molar-refractivity contribution in [3.05, 3.63) is 89.2 Å². The molecule has 0 fully saturated rings. The van der Waals surface area contributed by atoms with Gasteiger partial charge < -0.3 is 14.8 Å². The third-order valence-corrected chi connectivity index (χ3v) is 4.52. The fourth-order valence-electron chi connectivity index (χ4n) is 2.80. The number of esters is 1. The van der Waals surface area contributed by atoms with Crippen LogP contribution in [-0.4, -0.2) is 31.7 Å². The number of nitrogens with zero attached hydrogens (tertiary/aromatic N) is 1. The molecular formula is C24H19F4N3O4. The van der Waals surface area contributed by atoms with Gasteiger partial charge in [-0.25, -0.2) is 14.6 Å². The van der Waals surface area contributed by atoms with Crippen molar-refractivity contribution in [3.63, 3.8) is 0 Å². The maximum Gasteiger partial charge on any atom is 0.416 e. The summed E-state index contributed by atoms with van der Waals surface area (Å²) < 4.78 is 61.8. The van der Waals surface area contributed by atoms with E-state index in [0.29, 0.717) is 5.56 Å². The first-order valence-electron chi connectivity index (χ1n) is 10.0. The van der Waals surface area contributed by atoms with Crippen molar-refractivity contribution < 1.29 is 36.6 Å². The van der Waals surface area contributed by atoms with E-state index >= 15 is 0 Å². The molecule has 3 aromatic carbocycles. The zero-order valence-electron chi connectivity index (χ0n) is 18.2. The maximum absolute atomic E-state index is 13.0. The highest BCUT2D eigenvalue weighted by Crippen LogP contribution is 2.30. The van der Waals surface area contributed by atoms with Crippen molar-refractivity contribution in [1.82, 2.24) is 5.43 Å². The fraction of sp³-hybridized carbons (Fsp3) is 0.125. The molecule has 1 amide bonds. The molecule has 11 heteroatoms. The van der Waals surface area contributed by atoms with Crippen molar-refractivity contribution in [2.75, 3.05) is 19.0 Å². The topological polar surface area (TPSA) is 89.0 Å². The van der Waals surface area contributed by atoms with Crippen LogP contribution in [0.4, 0.5) is 23.2 Å². The Labute approximate surface area is 197 Å². The predicted molar refractivity (Wildman–Crippen MR) is 120 cm³/mol. The van der Waals surface area contributed by atoms with Crippen LogP contribution in [0.3, 0.4) is 0 Å². The summed E-state index contributed by atoms with van der Waals surface area (Å²) in [5.41, 5.74) is 2.20. The van der Waals surface area contributed by atoms with Gasteiger partial charge in [0.2, 0.25) is 0 Å². The monoisotopic (exact) mass is 489 g/mol. The molecule has 0 unspecified atom stereocenters. The normalized spacial score (nSPS) is 11.2. The molecule has 0 aliphatic rings. The lowest BCUT2D eigenvalue weighted by Gasteiger charge is -2.10. The number of hydrazone groups is 1. The standard InChI is InChI=1S/C24H19F4N3O4/c1-34-21-11-15(5-10-20(21)35-23(33)16-6-8-18(25)9-7-16)13-30-31-22(32)14-29-19-4-2-3-17(12-19)24(26,27)28/h2-13,29H,14H2,1H3,(H,31,32). The quantitative estimate of drug-likeness (QED) is 0.158. The van der Waals surface area contributed by atoms with Crippen LogP contribution in [0.2, 0.25) is 0 Å². The molecule has 3 aromatic rings. The third-order valence-electron chi connectivity index (χ3n) is 4.52. The molecular weight excluding hydrogens is 470 g/mol. The lowest BCUT2D eigenvalue weighted by molar-refractivity contribution is -0.137. The van der Waals surface area contributed by atoms with Gasteiger partial charge in [-0.15, -0.1) is 0 Å². The van der Waals surface area contributed by atoms with Gasteiger partial charge in [0.05, 0.1) is 31.0 Å². The van der Waals surface area contributed by atoms with Crippen molar-refractivity contribution in [3.8, 4) is 11.5 Å². The summed E-state index contributed by atoms with van der Waals surface area (Å²) in [7, 11) is 1.37. The fourth-order valence-corrected chi connectivity index (χ4v) is 2.80. The number of carbonyl (C=O) groups excluding carboxylic acids is 2. The lowest BCUT2D eigenvalue weighted by Crippen LogP contribution is -2.26. The molecule has 7 nitrogen and oxygen atoms in total. The van der Waals surface area contributed by atoms with Gasteiger partial charge in [-0.2, -0.15) is 18.3 Å². The summed E-state index contributed by atoms with van der Waals surface area (Å²) in [4.78, 5) is 24.1. The van der Waals surface area contributed by atoms with E-state index in [9.17, 15) is 27.2 Å². The number of benzene rings is 3. The highest BCUT2D eigenvalue weighted by atomic mass is 19.4. The average molecular weight is 489 g/mol. The van der Waals surface area contributed by atoms with Gasteiger partial charge >= 0.3 is 12.1 Å². The van der Waals surface area contributed by atoms with Crippen LogP contribution in [0.5, 0.6) is 11.5 Å². The average Bonchev–Trinajstić information content (AvgIpc) is 2.83. The molecule has 0 saturated heterocycles. The SMILES string of the molecule is COc1cc(C=NNC(=O)CNc2cccc(C(F)(F)F)c2)ccc1OC(=O)c1ccc(F)cc1. The number of halogens is 4. The van der Waals surface area contributed by atoms with E-state index in [0.717, 1.165) is 24.3 Å². The van der Waals surface area contributed by atoms with Gasteiger partial charge in [0.25, 0.3) is 5.91 Å². The van der Waals surface area contributed by atoms with E-state index in [-0.39, 0.29) is 29.3 Å². The van der Waals surface area contributed by atoms with Crippen molar-refractivity contribution >= 4 is 23.8 Å². The minimum Gasteiger partial charge on any atom is -0.493 e. The van der Waals surface area contributed by atoms with Crippen LogP contribution < -0.4 is 20.2 Å². The number of amides is 1. The number of anilines is 1. The van der Waals surface area contributed by atoms with Gasteiger partial charge in [0.15, 0.2) is 11.5 Å². The van der Waals surface area contributed by atoms with Crippen LogP contribution in [0.25, 0.3) is 0 Å². The first-order valence-corrected chi connectivity index (χ1v) is 10.0. The first-order chi connectivity index (χ1) is 16.7. The van der Waals surface area contributed by atoms with Crippen molar-refractivity contribution in [1.29, 1.82) is 0 Å². The molecule has 0 aromatic heterocycles. The third kappa shape index (κ3) is 7.29. The molecule has 0 radical (unpaired) electrons. The highest BCUT2D eigenvalue weighted by molar-refractivity contribution is 5.91.